The lowest BCUT2D eigenvalue weighted by atomic mass is 9.86. The van der Waals surface area contributed by atoms with Gasteiger partial charge in [-0.2, -0.15) is 0 Å². The molecular weight excluding hydrogens is 560 g/mol. The molecule has 3 rings (SSSR count). The summed E-state index contributed by atoms with van der Waals surface area (Å²) in [5, 5.41) is 0.446. The smallest absolute Gasteiger partial charge is 0.303 e. The molecule has 5 atom stereocenters. The standard InChI is InChI=1S/C29H33ClO11/c1-16(31)37-15-25-26(38-17(2)32)27(39-18(3)33)28(40-19(4)34)29(36-6,41-25)22-9-12-24(30)21(14-22)13-20-7-10-23(35-5)11-8-20/h7-12,14,25-28H,13,15H2,1-6H3/t25-,26-,27+,28-,29+/m1/s1. The SMILES string of the molecule is COc1ccc(Cc2cc([C@]3(OC)O[C@H](COC(C)=O)[C@@H](OC(C)=O)[C@H](OC(C)=O)[C@H]3OC(C)=O)ccc2Cl)cc1. The fourth-order valence-electron chi connectivity index (χ4n) is 4.67. The van der Waals surface area contributed by atoms with Gasteiger partial charge in [-0.05, 0) is 41.8 Å². The molecule has 222 valence electrons. The van der Waals surface area contributed by atoms with E-state index in [2.05, 4.69) is 0 Å². The van der Waals surface area contributed by atoms with Crippen molar-refractivity contribution in [3.05, 3.63) is 64.2 Å². The van der Waals surface area contributed by atoms with Gasteiger partial charge in [0.25, 0.3) is 0 Å². The second-order valence-electron chi connectivity index (χ2n) is 9.34. The quantitative estimate of drug-likeness (QED) is 0.296. The molecule has 1 aliphatic heterocycles. The van der Waals surface area contributed by atoms with Gasteiger partial charge in [0.2, 0.25) is 11.9 Å². The number of rotatable bonds is 10. The summed E-state index contributed by atoms with van der Waals surface area (Å²) in [7, 11) is 2.89. The number of ether oxygens (including phenoxy) is 7. The Labute approximate surface area is 242 Å². The number of carbonyl (C=O) groups excluding carboxylic acids is 4. The van der Waals surface area contributed by atoms with Crippen LogP contribution in [0.2, 0.25) is 5.02 Å². The molecule has 0 bridgehead atoms. The van der Waals surface area contributed by atoms with Crippen LogP contribution in [-0.4, -0.2) is 69.1 Å². The lowest BCUT2D eigenvalue weighted by Crippen LogP contribution is -2.67. The van der Waals surface area contributed by atoms with Crippen molar-refractivity contribution in [1.82, 2.24) is 0 Å². The molecule has 1 heterocycles. The molecular formula is C29H33ClO11. The first-order chi connectivity index (χ1) is 19.4. The van der Waals surface area contributed by atoms with Crippen molar-refractivity contribution in [2.45, 2.75) is 64.3 Å². The van der Waals surface area contributed by atoms with Gasteiger partial charge < -0.3 is 33.2 Å². The summed E-state index contributed by atoms with van der Waals surface area (Å²) >= 11 is 6.57. The van der Waals surface area contributed by atoms with Gasteiger partial charge in [0, 0.05) is 45.4 Å². The number of hydrogen-bond donors (Lipinski definition) is 0. The van der Waals surface area contributed by atoms with E-state index in [1.165, 1.54) is 14.0 Å². The third-order valence-corrected chi connectivity index (χ3v) is 6.71. The predicted molar refractivity (Wildman–Crippen MR) is 144 cm³/mol. The molecule has 0 amide bonds. The maximum Gasteiger partial charge on any atom is 0.303 e. The highest BCUT2D eigenvalue weighted by molar-refractivity contribution is 6.31. The van der Waals surface area contributed by atoms with Gasteiger partial charge in [-0.1, -0.05) is 29.8 Å². The van der Waals surface area contributed by atoms with E-state index in [1.807, 2.05) is 24.3 Å². The Hall–Kier alpha value is -3.67. The number of methoxy groups -OCH3 is 2. The summed E-state index contributed by atoms with van der Waals surface area (Å²) in [5.41, 5.74) is 1.96. The van der Waals surface area contributed by atoms with Gasteiger partial charge in [-0.3, -0.25) is 19.2 Å². The van der Waals surface area contributed by atoms with Crippen molar-refractivity contribution in [2.75, 3.05) is 20.8 Å². The number of esters is 4. The van der Waals surface area contributed by atoms with Crippen molar-refractivity contribution >= 4 is 35.5 Å². The molecule has 11 nitrogen and oxygen atoms in total. The zero-order valence-corrected chi connectivity index (χ0v) is 24.4. The molecule has 1 saturated heterocycles. The topological polar surface area (TPSA) is 133 Å². The lowest BCUT2D eigenvalue weighted by molar-refractivity contribution is -0.367. The fourth-order valence-corrected chi connectivity index (χ4v) is 4.86. The molecule has 0 spiro atoms. The summed E-state index contributed by atoms with van der Waals surface area (Å²) in [6, 6.07) is 12.4. The van der Waals surface area contributed by atoms with E-state index in [4.69, 9.17) is 44.8 Å². The third-order valence-electron chi connectivity index (χ3n) is 6.34. The van der Waals surface area contributed by atoms with Crippen molar-refractivity contribution in [3.63, 3.8) is 0 Å². The molecule has 2 aromatic rings. The molecule has 0 N–H and O–H groups in total. The van der Waals surface area contributed by atoms with Crippen LogP contribution in [0.1, 0.15) is 44.4 Å². The van der Waals surface area contributed by atoms with E-state index in [1.54, 1.807) is 25.3 Å². The Bertz CT molecular complexity index is 1260. The van der Waals surface area contributed by atoms with E-state index >= 15 is 0 Å². The first-order valence-corrected chi connectivity index (χ1v) is 13.1. The summed E-state index contributed by atoms with van der Waals surface area (Å²) in [4.78, 5) is 48.3. The lowest BCUT2D eigenvalue weighted by Gasteiger charge is -2.50. The maximum atomic E-state index is 12.3. The normalized spacial score (nSPS) is 23.7. The minimum atomic E-state index is -1.91. The van der Waals surface area contributed by atoms with Crippen LogP contribution in [0.3, 0.4) is 0 Å². The molecule has 2 aromatic carbocycles. The van der Waals surface area contributed by atoms with Gasteiger partial charge >= 0.3 is 23.9 Å². The number of halogens is 1. The molecule has 0 radical (unpaired) electrons. The van der Waals surface area contributed by atoms with Crippen LogP contribution in [0.4, 0.5) is 0 Å². The van der Waals surface area contributed by atoms with Crippen molar-refractivity contribution in [2.24, 2.45) is 0 Å². The Morgan fingerprint density at radius 3 is 1.98 bits per heavy atom. The van der Waals surface area contributed by atoms with Crippen LogP contribution in [0, 0.1) is 0 Å². The highest BCUT2D eigenvalue weighted by Crippen LogP contribution is 2.44. The van der Waals surface area contributed by atoms with Crippen LogP contribution in [0.15, 0.2) is 42.5 Å². The zero-order chi connectivity index (χ0) is 30.3. The van der Waals surface area contributed by atoms with Crippen LogP contribution in [-0.2, 0) is 59.8 Å². The minimum Gasteiger partial charge on any atom is -0.497 e. The van der Waals surface area contributed by atoms with Gasteiger partial charge in [-0.15, -0.1) is 0 Å². The minimum absolute atomic E-state index is 0.352. The van der Waals surface area contributed by atoms with E-state index in [0.29, 0.717) is 28.3 Å². The third kappa shape index (κ3) is 7.75. The van der Waals surface area contributed by atoms with Crippen LogP contribution >= 0.6 is 11.6 Å². The first kappa shape index (κ1) is 31.9. The van der Waals surface area contributed by atoms with Gasteiger partial charge in [0.1, 0.15) is 18.5 Å². The van der Waals surface area contributed by atoms with E-state index in [-0.39, 0.29) is 0 Å². The Balaban J connectivity index is 2.17. The highest BCUT2D eigenvalue weighted by atomic mass is 35.5. The molecule has 1 fully saturated rings. The average molecular weight is 593 g/mol. The summed E-state index contributed by atoms with van der Waals surface area (Å²) in [6.45, 7) is 4.26. The predicted octanol–water partition coefficient (Wildman–Crippen LogP) is 3.50. The molecule has 0 aromatic heterocycles. The molecule has 41 heavy (non-hydrogen) atoms. The van der Waals surface area contributed by atoms with E-state index in [0.717, 1.165) is 26.3 Å². The number of hydrogen-bond acceptors (Lipinski definition) is 11. The Morgan fingerprint density at radius 1 is 0.829 bits per heavy atom. The second-order valence-corrected chi connectivity index (χ2v) is 9.75. The zero-order valence-electron chi connectivity index (χ0n) is 23.6. The second kappa shape index (κ2) is 13.8. The Morgan fingerprint density at radius 2 is 1.44 bits per heavy atom. The average Bonchev–Trinajstić information content (AvgIpc) is 2.91. The largest absolute Gasteiger partial charge is 0.497 e. The number of benzene rings is 2. The Kier molecular flexibility index (Phi) is 10.7. The van der Waals surface area contributed by atoms with Crippen LogP contribution in [0.25, 0.3) is 0 Å². The molecule has 1 aliphatic rings. The van der Waals surface area contributed by atoms with Crippen molar-refractivity contribution < 1.29 is 52.3 Å². The first-order valence-electron chi connectivity index (χ1n) is 12.7. The summed E-state index contributed by atoms with van der Waals surface area (Å²) in [6.07, 6.45) is -4.97. The summed E-state index contributed by atoms with van der Waals surface area (Å²) < 4.78 is 39.4. The highest BCUT2D eigenvalue weighted by Gasteiger charge is 2.61. The maximum absolute atomic E-state index is 12.3. The van der Waals surface area contributed by atoms with E-state index in [9.17, 15) is 19.2 Å². The van der Waals surface area contributed by atoms with Gasteiger partial charge in [0.15, 0.2) is 12.2 Å². The van der Waals surface area contributed by atoms with Crippen molar-refractivity contribution in [1.29, 1.82) is 0 Å². The van der Waals surface area contributed by atoms with E-state index < -0.39 is 60.7 Å². The monoisotopic (exact) mass is 592 g/mol. The summed E-state index contributed by atoms with van der Waals surface area (Å²) in [5.74, 6) is -4.07. The van der Waals surface area contributed by atoms with Crippen LogP contribution < -0.4 is 4.74 Å². The number of carbonyl (C=O) groups is 4. The molecule has 0 unspecified atom stereocenters. The van der Waals surface area contributed by atoms with Crippen LogP contribution in [0.5, 0.6) is 5.75 Å². The van der Waals surface area contributed by atoms with Gasteiger partial charge in [0.05, 0.1) is 7.11 Å². The van der Waals surface area contributed by atoms with Gasteiger partial charge in [-0.25, -0.2) is 0 Å². The fraction of sp³-hybridized carbons (Fsp3) is 0.448. The molecule has 0 saturated carbocycles. The molecule has 0 aliphatic carbocycles. The molecule has 12 heteroatoms. The van der Waals surface area contributed by atoms with Crippen molar-refractivity contribution in [3.8, 4) is 5.75 Å².